The standard InChI is InChI=1S/C14H16ClNO3S2/c1-10-8-14(20-13(10)9-17)21(18,19)16-7-6-11-2-4-12(15)5-3-11/h2-5,8,16-17H,6-7,9H2,1H3. The topological polar surface area (TPSA) is 66.4 Å². The fourth-order valence-corrected chi connectivity index (χ4v) is 4.48. The molecule has 0 bridgehead atoms. The molecule has 0 amide bonds. The zero-order chi connectivity index (χ0) is 15.5. The number of benzene rings is 1. The van der Waals surface area contributed by atoms with E-state index >= 15 is 0 Å². The molecule has 21 heavy (non-hydrogen) atoms. The average molecular weight is 346 g/mol. The maximum Gasteiger partial charge on any atom is 0.250 e. The molecule has 0 aliphatic heterocycles. The number of hydrogen-bond donors (Lipinski definition) is 2. The fraction of sp³-hybridized carbons (Fsp3) is 0.286. The Kier molecular flexibility index (Phi) is 5.40. The van der Waals surface area contributed by atoms with E-state index in [4.69, 9.17) is 16.7 Å². The highest BCUT2D eigenvalue weighted by atomic mass is 35.5. The lowest BCUT2D eigenvalue weighted by molar-refractivity contribution is 0.285. The van der Waals surface area contributed by atoms with Crippen LogP contribution in [0.4, 0.5) is 0 Å². The summed E-state index contributed by atoms with van der Waals surface area (Å²) in [5.74, 6) is 0. The van der Waals surface area contributed by atoms with Gasteiger partial charge >= 0.3 is 0 Å². The van der Waals surface area contributed by atoms with Gasteiger partial charge in [-0.1, -0.05) is 23.7 Å². The third-order valence-electron chi connectivity index (χ3n) is 3.03. The molecule has 2 aromatic rings. The van der Waals surface area contributed by atoms with Crippen molar-refractivity contribution in [3.05, 3.63) is 51.4 Å². The van der Waals surface area contributed by atoms with Crippen LogP contribution in [0.15, 0.2) is 34.5 Å². The van der Waals surface area contributed by atoms with E-state index in [9.17, 15) is 8.42 Å². The van der Waals surface area contributed by atoms with Gasteiger partial charge in [0.05, 0.1) is 6.61 Å². The first-order chi connectivity index (χ1) is 9.92. The maximum atomic E-state index is 12.2. The van der Waals surface area contributed by atoms with Gasteiger partial charge in [0, 0.05) is 16.4 Å². The Bertz CT molecular complexity index is 708. The summed E-state index contributed by atoms with van der Waals surface area (Å²) in [4.78, 5) is 0.674. The molecule has 0 aliphatic carbocycles. The molecular weight excluding hydrogens is 330 g/mol. The molecule has 2 rings (SSSR count). The van der Waals surface area contributed by atoms with E-state index in [1.54, 1.807) is 25.1 Å². The highest BCUT2D eigenvalue weighted by Gasteiger charge is 2.18. The molecule has 1 aromatic carbocycles. The number of aliphatic hydroxyl groups excluding tert-OH is 1. The van der Waals surface area contributed by atoms with E-state index in [1.165, 1.54) is 0 Å². The van der Waals surface area contributed by atoms with Crippen molar-refractivity contribution >= 4 is 33.0 Å². The lowest BCUT2D eigenvalue weighted by Gasteiger charge is -2.05. The second-order valence-electron chi connectivity index (χ2n) is 4.60. The van der Waals surface area contributed by atoms with Gasteiger partial charge in [0.15, 0.2) is 0 Å². The summed E-state index contributed by atoms with van der Waals surface area (Å²) in [6.45, 7) is 1.96. The number of thiophene rings is 1. The predicted molar refractivity (Wildman–Crippen MR) is 85.3 cm³/mol. The van der Waals surface area contributed by atoms with Crippen LogP contribution in [-0.4, -0.2) is 20.1 Å². The SMILES string of the molecule is Cc1cc(S(=O)(=O)NCCc2ccc(Cl)cc2)sc1CO. The molecule has 0 saturated heterocycles. The summed E-state index contributed by atoms with van der Waals surface area (Å²) >= 11 is 6.90. The summed E-state index contributed by atoms with van der Waals surface area (Å²) in [6.07, 6.45) is 0.591. The number of nitrogens with one attached hydrogen (secondary N) is 1. The van der Waals surface area contributed by atoms with Crippen LogP contribution in [0.1, 0.15) is 16.0 Å². The van der Waals surface area contributed by atoms with Gasteiger partial charge in [-0.05, 0) is 42.7 Å². The Labute approximate surface area is 133 Å². The lowest BCUT2D eigenvalue weighted by Crippen LogP contribution is -2.25. The second-order valence-corrected chi connectivity index (χ2v) is 8.17. The largest absolute Gasteiger partial charge is 0.391 e. The van der Waals surface area contributed by atoms with Crippen molar-refractivity contribution in [2.24, 2.45) is 0 Å². The first-order valence-electron chi connectivity index (χ1n) is 6.36. The summed E-state index contributed by atoms with van der Waals surface area (Å²) in [7, 11) is -3.52. The van der Waals surface area contributed by atoms with Crippen molar-refractivity contribution in [1.29, 1.82) is 0 Å². The third kappa shape index (κ3) is 4.28. The van der Waals surface area contributed by atoms with Crippen LogP contribution < -0.4 is 4.72 Å². The van der Waals surface area contributed by atoms with Crippen molar-refractivity contribution in [3.8, 4) is 0 Å². The highest BCUT2D eigenvalue weighted by molar-refractivity contribution is 7.91. The summed E-state index contributed by atoms with van der Waals surface area (Å²) < 4.78 is 27.1. The molecule has 0 radical (unpaired) electrons. The van der Waals surface area contributed by atoms with Gasteiger partial charge in [-0.15, -0.1) is 11.3 Å². The zero-order valence-electron chi connectivity index (χ0n) is 11.5. The predicted octanol–water partition coefficient (Wildman–Crippen LogP) is 2.72. The van der Waals surface area contributed by atoms with Gasteiger partial charge in [0.1, 0.15) is 4.21 Å². The molecule has 7 heteroatoms. The van der Waals surface area contributed by atoms with Gasteiger partial charge in [0.2, 0.25) is 10.0 Å². The van der Waals surface area contributed by atoms with Crippen LogP contribution in [0, 0.1) is 6.92 Å². The smallest absolute Gasteiger partial charge is 0.250 e. The van der Waals surface area contributed by atoms with E-state index < -0.39 is 10.0 Å². The average Bonchev–Trinajstić information content (AvgIpc) is 2.83. The molecule has 0 atom stereocenters. The first kappa shape index (κ1) is 16.5. The molecule has 0 aliphatic rings. The van der Waals surface area contributed by atoms with Crippen LogP contribution in [0.5, 0.6) is 0 Å². The molecule has 1 heterocycles. The quantitative estimate of drug-likeness (QED) is 0.846. The van der Waals surface area contributed by atoms with E-state index in [-0.39, 0.29) is 10.8 Å². The molecule has 0 spiro atoms. The molecular formula is C14H16ClNO3S2. The minimum Gasteiger partial charge on any atom is -0.391 e. The Morgan fingerprint density at radius 1 is 1.29 bits per heavy atom. The monoisotopic (exact) mass is 345 g/mol. The zero-order valence-corrected chi connectivity index (χ0v) is 13.9. The van der Waals surface area contributed by atoms with Crippen molar-refractivity contribution < 1.29 is 13.5 Å². The molecule has 0 unspecified atom stereocenters. The van der Waals surface area contributed by atoms with E-state index in [0.29, 0.717) is 22.9 Å². The molecule has 0 fully saturated rings. The van der Waals surface area contributed by atoms with E-state index in [2.05, 4.69) is 4.72 Å². The summed E-state index contributed by atoms with van der Waals surface area (Å²) in [5.41, 5.74) is 1.81. The lowest BCUT2D eigenvalue weighted by atomic mass is 10.2. The number of aryl methyl sites for hydroxylation is 1. The second kappa shape index (κ2) is 6.89. The molecule has 2 N–H and O–H groups in total. The Balaban J connectivity index is 1.99. The normalized spacial score (nSPS) is 11.8. The van der Waals surface area contributed by atoms with Crippen LogP contribution >= 0.6 is 22.9 Å². The Hall–Kier alpha value is -0.920. The van der Waals surface area contributed by atoms with Crippen LogP contribution in [0.3, 0.4) is 0 Å². The van der Waals surface area contributed by atoms with Crippen molar-refractivity contribution in [2.45, 2.75) is 24.2 Å². The van der Waals surface area contributed by atoms with Crippen molar-refractivity contribution in [1.82, 2.24) is 4.72 Å². The number of halogens is 1. The maximum absolute atomic E-state index is 12.2. The fourth-order valence-electron chi connectivity index (χ4n) is 1.83. The minimum atomic E-state index is -3.52. The minimum absolute atomic E-state index is 0.142. The van der Waals surface area contributed by atoms with Gasteiger partial charge < -0.3 is 5.11 Å². The van der Waals surface area contributed by atoms with Crippen LogP contribution in [0.2, 0.25) is 5.02 Å². The molecule has 4 nitrogen and oxygen atoms in total. The number of sulfonamides is 1. The molecule has 0 saturated carbocycles. The van der Waals surface area contributed by atoms with E-state index in [0.717, 1.165) is 22.5 Å². The van der Waals surface area contributed by atoms with Gasteiger partial charge in [-0.25, -0.2) is 13.1 Å². The first-order valence-corrected chi connectivity index (χ1v) is 9.04. The van der Waals surface area contributed by atoms with Crippen molar-refractivity contribution in [2.75, 3.05) is 6.54 Å². The number of hydrogen-bond acceptors (Lipinski definition) is 4. The van der Waals surface area contributed by atoms with Gasteiger partial charge in [-0.2, -0.15) is 0 Å². The van der Waals surface area contributed by atoms with Gasteiger partial charge in [-0.3, -0.25) is 0 Å². The van der Waals surface area contributed by atoms with Crippen LogP contribution in [-0.2, 0) is 23.1 Å². The Morgan fingerprint density at radius 2 is 1.95 bits per heavy atom. The van der Waals surface area contributed by atoms with Crippen LogP contribution in [0.25, 0.3) is 0 Å². The van der Waals surface area contributed by atoms with E-state index in [1.807, 2.05) is 12.1 Å². The number of aliphatic hydroxyl groups is 1. The molecule has 114 valence electrons. The third-order valence-corrected chi connectivity index (χ3v) is 6.43. The summed E-state index contributed by atoms with van der Waals surface area (Å²) in [6, 6.07) is 8.88. The van der Waals surface area contributed by atoms with Crippen molar-refractivity contribution in [3.63, 3.8) is 0 Å². The molecule has 1 aromatic heterocycles. The number of rotatable bonds is 6. The summed E-state index contributed by atoms with van der Waals surface area (Å²) in [5, 5.41) is 9.79. The van der Waals surface area contributed by atoms with Gasteiger partial charge in [0.25, 0.3) is 0 Å². The Morgan fingerprint density at radius 3 is 2.52 bits per heavy atom. The highest BCUT2D eigenvalue weighted by Crippen LogP contribution is 2.25.